The van der Waals surface area contributed by atoms with E-state index in [1.807, 2.05) is 12.1 Å². The third-order valence-corrected chi connectivity index (χ3v) is 3.22. The Labute approximate surface area is 111 Å². The van der Waals surface area contributed by atoms with Crippen LogP contribution in [0.25, 0.3) is 0 Å². The Kier molecular flexibility index (Phi) is 6.51. The van der Waals surface area contributed by atoms with Crippen LogP contribution >= 0.6 is 0 Å². The van der Waals surface area contributed by atoms with E-state index in [0.29, 0.717) is 12.5 Å². The first kappa shape index (κ1) is 14.8. The van der Waals surface area contributed by atoms with Gasteiger partial charge in [-0.3, -0.25) is 0 Å². The molecule has 0 radical (unpaired) electrons. The zero-order valence-corrected chi connectivity index (χ0v) is 11.8. The van der Waals surface area contributed by atoms with E-state index in [4.69, 9.17) is 4.74 Å². The quantitative estimate of drug-likeness (QED) is 0.708. The second kappa shape index (κ2) is 7.93. The molecule has 1 unspecified atom stereocenters. The molecular formula is C16H25NO. The van der Waals surface area contributed by atoms with Crippen LogP contribution in [0, 0.1) is 11.8 Å². The number of hydrogen-bond donors (Lipinski definition) is 1. The number of benzene rings is 1. The Morgan fingerprint density at radius 1 is 1.22 bits per heavy atom. The molecule has 1 aromatic rings. The van der Waals surface area contributed by atoms with Gasteiger partial charge in [-0.2, -0.15) is 0 Å². The Morgan fingerprint density at radius 3 is 2.44 bits per heavy atom. The Bertz CT molecular complexity index is 343. The fourth-order valence-corrected chi connectivity index (χ4v) is 1.54. The third-order valence-electron chi connectivity index (χ3n) is 3.22. The SMILES string of the molecule is C=CCOc1ccc(CNCC(C)C(C)C)cc1. The molecule has 1 atom stereocenters. The molecule has 2 nitrogen and oxygen atoms in total. The maximum absolute atomic E-state index is 5.45. The van der Waals surface area contributed by atoms with E-state index in [1.54, 1.807) is 6.08 Å². The predicted octanol–water partition coefficient (Wildman–Crippen LogP) is 3.63. The lowest BCUT2D eigenvalue weighted by atomic mass is 9.98. The minimum atomic E-state index is 0.559. The molecule has 0 aliphatic rings. The van der Waals surface area contributed by atoms with Crippen LogP contribution in [0.15, 0.2) is 36.9 Å². The average molecular weight is 247 g/mol. The number of ether oxygens (including phenoxy) is 1. The van der Waals surface area contributed by atoms with E-state index in [1.165, 1.54) is 5.56 Å². The molecule has 0 fully saturated rings. The average Bonchev–Trinajstić information content (AvgIpc) is 2.37. The highest BCUT2D eigenvalue weighted by atomic mass is 16.5. The Balaban J connectivity index is 2.32. The zero-order valence-electron chi connectivity index (χ0n) is 11.8. The van der Waals surface area contributed by atoms with Crippen molar-refractivity contribution < 1.29 is 4.74 Å². The molecule has 0 aliphatic carbocycles. The van der Waals surface area contributed by atoms with Gasteiger partial charge in [0.25, 0.3) is 0 Å². The second-order valence-corrected chi connectivity index (χ2v) is 5.10. The summed E-state index contributed by atoms with van der Waals surface area (Å²) >= 11 is 0. The predicted molar refractivity (Wildman–Crippen MR) is 77.8 cm³/mol. The molecule has 18 heavy (non-hydrogen) atoms. The van der Waals surface area contributed by atoms with Crippen LogP contribution in [0.4, 0.5) is 0 Å². The van der Waals surface area contributed by atoms with Crippen LogP contribution in [0.2, 0.25) is 0 Å². The van der Waals surface area contributed by atoms with Crippen molar-refractivity contribution in [3.05, 3.63) is 42.5 Å². The molecule has 1 rings (SSSR count). The summed E-state index contributed by atoms with van der Waals surface area (Å²) in [5.74, 6) is 2.33. The van der Waals surface area contributed by atoms with E-state index in [9.17, 15) is 0 Å². The maximum atomic E-state index is 5.45. The molecule has 1 aromatic carbocycles. The van der Waals surface area contributed by atoms with Crippen molar-refractivity contribution in [1.82, 2.24) is 5.32 Å². The maximum Gasteiger partial charge on any atom is 0.119 e. The van der Waals surface area contributed by atoms with E-state index in [0.717, 1.165) is 24.8 Å². The fourth-order valence-electron chi connectivity index (χ4n) is 1.54. The summed E-state index contributed by atoms with van der Waals surface area (Å²) < 4.78 is 5.45. The molecular weight excluding hydrogens is 222 g/mol. The minimum absolute atomic E-state index is 0.559. The van der Waals surface area contributed by atoms with E-state index in [2.05, 4.69) is 44.8 Å². The largest absolute Gasteiger partial charge is 0.490 e. The highest BCUT2D eigenvalue weighted by Crippen LogP contribution is 2.12. The molecule has 2 heteroatoms. The summed E-state index contributed by atoms with van der Waals surface area (Å²) in [6, 6.07) is 8.22. The topological polar surface area (TPSA) is 21.3 Å². The molecule has 0 amide bonds. The van der Waals surface area contributed by atoms with Crippen molar-refractivity contribution in [2.24, 2.45) is 11.8 Å². The van der Waals surface area contributed by atoms with Crippen molar-refractivity contribution in [1.29, 1.82) is 0 Å². The number of nitrogens with one attached hydrogen (secondary N) is 1. The second-order valence-electron chi connectivity index (χ2n) is 5.10. The van der Waals surface area contributed by atoms with E-state index in [-0.39, 0.29) is 0 Å². The third kappa shape index (κ3) is 5.37. The molecule has 0 aromatic heterocycles. The zero-order chi connectivity index (χ0) is 13.4. The van der Waals surface area contributed by atoms with E-state index < -0.39 is 0 Å². The number of hydrogen-bond acceptors (Lipinski definition) is 2. The summed E-state index contributed by atoms with van der Waals surface area (Å²) in [7, 11) is 0. The van der Waals surface area contributed by atoms with Crippen LogP contribution in [-0.2, 0) is 6.54 Å². The van der Waals surface area contributed by atoms with Crippen LogP contribution in [-0.4, -0.2) is 13.2 Å². The molecule has 100 valence electrons. The first-order chi connectivity index (χ1) is 8.63. The van der Waals surface area contributed by atoms with Gasteiger partial charge < -0.3 is 10.1 Å². The van der Waals surface area contributed by atoms with E-state index >= 15 is 0 Å². The summed E-state index contributed by atoms with van der Waals surface area (Å²) in [6.07, 6.45) is 1.75. The molecule has 0 bridgehead atoms. The Hall–Kier alpha value is -1.28. The fraction of sp³-hybridized carbons (Fsp3) is 0.500. The van der Waals surface area contributed by atoms with Gasteiger partial charge in [-0.25, -0.2) is 0 Å². The lowest BCUT2D eigenvalue weighted by Crippen LogP contribution is -2.23. The smallest absolute Gasteiger partial charge is 0.119 e. The first-order valence-corrected chi connectivity index (χ1v) is 6.66. The molecule has 0 heterocycles. The van der Waals surface area contributed by atoms with Crippen LogP contribution < -0.4 is 10.1 Å². The summed E-state index contributed by atoms with van der Waals surface area (Å²) in [5, 5.41) is 3.49. The minimum Gasteiger partial charge on any atom is -0.490 e. The van der Waals surface area contributed by atoms with Gasteiger partial charge in [0.1, 0.15) is 12.4 Å². The molecule has 0 saturated carbocycles. The van der Waals surface area contributed by atoms with Crippen molar-refractivity contribution in [2.75, 3.05) is 13.2 Å². The van der Waals surface area contributed by atoms with Crippen LogP contribution in [0.5, 0.6) is 5.75 Å². The Morgan fingerprint density at radius 2 is 1.89 bits per heavy atom. The normalized spacial score (nSPS) is 12.4. The van der Waals surface area contributed by atoms with Gasteiger partial charge in [-0.05, 0) is 36.1 Å². The lowest BCUT2D eigenvalue weighted by Gasteiger charge is -2.16. The standard InChI is InChI=1S/C16H25NO/c1-5-10-18-16-8-6-15(7-9-16)12-17-11-14(4)13(2)3/h5-9,13-14,17H,1,10-12H2,2-4H3. The van der Waals surface area contributed by atoms with Gasteiger partial charge in [-0.15, -0.1) is 0 Å². The summed E-state index contributed by atoms with van der Waals surface area (Å²) in [5.41, 5.74) is 1.29. The van der Waals surface area contributed by atoms with Gasteiger partial charge in [0.05, 0.1) is 0 Å². The highest BCUT2D eigenvalue weighted by molar-refractivity contribution is 5.27. The van der Waals surface area contributed by atoms with Crippen molar-refractivity contribution >= 4 is 0 Å². The van der Waals surface area contributed by atoms with Crippen molar-refractivity contribution in [2.45, 2.75) is 27.3 Å². The van der Waals surface area contributed by atoms with Gasteiger partial charge in [-0.1, -0.05) is 45.6 Å². The monoisotopic (exact) mass is 247 g/mol. The van der Waals surface area contributed by atoms with Gasteiger partial charge >= 0.3 is 0 Å². The van der Waals surface area contributed by atoms with Gasteiger partial charge in [0, 0.05) is 6.54 Å². The van der Waals surface area contributed by atoms with Gasteiger partial charge in [0.2, 0.25) is 0 Å². The molecule has 0 aliphatic heterocycles. The highest BCUT2D eigenvalue weighted by Gasteiger charge is 2.05. The molecule has 0 spiro atoms. The summed E-state index contributed by atoms with van der Waals surface area (Å²) in [4.78, 5) is 0. The lowest BCUT2D eigenvalue weighted by molar-refractivity contribution is 0.363. The van der Waals surface area contributed by atoms with Crippen LogP contribution in [0.1, 0.15) is 26.3 Å². The summed E-state index contributed by atoms with van der Waals surface area (Å²) in [6.45, 7) is 13.0. The van der Waals surface area contributed by atoms with Crippen LogP contribution in [0.3, 0.4) is 0 Å². The van der Waals surface area contributed by atoms with Crippen molar-refractivity contribution in [3.63, 3.8) is 0 Å². The van der Waals surface area contributed by atoms with Crippen molar-refractivity contribution in [3.8, 4) is 5.75 Å². The first-order valence-electron chi connectivity index (χ1n) is 6.66. The number of rotatable bonds is 8. The molecule has 0 saturated heterocycles. The van der Waals surface area contributed by atoms with Gasteiger partial charge in [0.15, 0.2) is 0 Å². The molecule has 1 N–H and O–H groups in total.